The van der Waals surface area contributed by atoms with Gasteiger partial charge in [0, 0.05) is 0 Å². The first-order valence-corrected chi connectivity index (χ1v) is 12.1. The van der Waals surface area contributed by atoms with Crippen LogP contribution in [-0.4, -0.2) is 28.3 Å². The minimum atomic E-state index is -3.32. The average molecular weight is 293 g/mol. The molecule has 5 heteroatoms. The van der Waals surface area contributed by atoms with E-state index in [0.29, 0.717) is 5.54 Å². The zero-order valence-corrected chi connectivity index (χ0v) is 14.3. The molecule has 18 heavy (non-hydrogen) atoms. The summed E-state index contributed by atoms with van der Waals surface area (Å²) in [6.07, 6.45) is 7.25. The van der Waals surface area contributed by atoms with Crippen LogP contribution in [0.4, 0.5) is 0 Å². The Morgan fingerprint density at radius 3 is 2.39 bits per heavy atom. The predicted molar refractivity (Wildman–Crippen MR) is 79.1 cm³/mol. The molecule has 0 N–H and O–H groups in total. The normalized spacial score (nSPS) is 28.4. The van der Waals surface area contributed by atoms with Gasteiger partial charge in [-0.25, -0.2) is 0 Å². The van der Waals surface area contributed by atoms with Crippen LogP contribution in [0, 0.1) is 0 Å². The molecule has 0 spiro atoms. The fourth-order valence-electron chi connectivity index (χ4n) is 3.07. The number of hydrogen-bond donors (Lipinski definition) is 0. The van der Waals surface area contributed by atoms with Crippen molar-refractivity contribution >= 4 is 18.2 Å². The summed E-state index contributed by atoms with van der Waals surface area (Å²) in [5.74, 6) is 0. The highest BCUT2D eigenvalue weighted by atomic mass is 32.2. The van der Waals surface area contributed by atoms with Gasteiger partial charge in [0.2, 0.25) is 0 Å². The molecule has 0 aliphatic heterocycles. The first-order valence-electron chi connectivity index (χ1n) is 7.01. The number of hydrogen-bond acceptors (Lipinski definition) is 3. The lowest BCUT2D eigenvalue weighted by Crippen LogP contribution is -2.31. The third-order valence-corrected chi connectivity index (χ3v) is 9.17. The second kappa shape index (κ2) is 5.63. The van der Waals surface area contributed by atoms with E-state index in [4.69, 9.17) is 4.18 Å². The summed E-state index contributed by atoms with van der Waals surface area (Å²) in [6.45, 7) is 8.93. The average Bonchev–Trinajstić information content (AvgIpc) is 2.83. The summed E-state index contributed by atoms with van der Waals surface area (Å²) in [5.41, 5.74) is 0.106. The monoisotopic (exact) mass is 292 g/mol. The molecule has 0 aromatic rings. The van der Waals surface area contributed by atoms with Gasteiger partial charge in [0.25, 0.3) is 10.1 Å². The molecule has 3 nitrogen and oxygen atoms in total. The predicted octanol–water partition coefficient (Wildman–Crippen LogP) is 3.78. The highest BCUT2D eigenvalue weighted by molar-refractivity contribution is 7.86. The third-order valence-electron chi connectivity index (χ3n) is 4.15. The first kappa shape index (κ1) is 16.2. The second-order valence-electron chi connectivity index (χ2n) is 6.66. The highest BCUT2D eigenvalue weighted by Crippen LogP contribution is 2.59. The van der Waals surface area contributed by atoms with Gasteiger partial charge < -0.3 is 0 Å². The Balaban J connectivity index is 2.46. The van der Waals surface area contributed by atoms with Crippen LogP contribution in [0.3, 0.4) is 0 Å². The van der Waals surface area contributed by atoms with Crippen LogP contribution < -0.4 is 0 Å². The van der Waals surface area contributed by atoms with E-state index in [2.05, 4.69) is 20.0 Å². The molecule has 1 saturated carbocycles. The van der Waals surface area contributed by atoms with E-state index >= 15 is 0 Å². The lowest BCUT2D eigenvalue weighted by molar-refractivity contribution is 0.210. The molecule has 108 valence electrons. The summed E-state index contributed by atoms with van der Waals surface area (Å²) in [7, 11) is -4.66. The van der Waals surface area contributed by atoms with Gasteiger partial charge in [-0.1, -0.05) is 51.7 Å². The highest BCUT2D eigenvalue weighted by Gasteiger charge is 2.60. The van der Waals surface area contributed by atoms with E-state index < -0.39 is 23.8 Å². The zero-order chi connectivity index (χ0) is 14.0. The fraction of sp³-hybridized carbons (Fsp3) is 1.00. The van der Waals surface area contributed by atoms with Crippen molar-refractivity contribution < 1.29 is 12.6 Å². The molecule has 0 aromatic carbocycles. The Morgan fingerprint density at radius 1 is 1.28 bits per heavy atom. The van der Waals surface area contributed by atoms with Gasteiger partial charge in [0.15, 0.2) is 0 Å². The van der Waals surface area contributed by atoms with E-state index in [0.717, 1.165) is 12.7 Å². The molecule has 1 aliphatic carbocycles. The van der Waals surface area contributed by atoms with Gasteiger partial charge in [0.1, 0.15) is 0 Å². The van der Waals surface area contributed by atoms with E-state index in [-0.39, 0.29) is 0 Å². The van der Waals surface area contributed by atoms with Gasteiger partial charge in [-0.2, -0.15) is 8.42 Å². The van der Waals surface area contributed by atoms with Crippen LogP contribution in [-0.2, 0) is 14.3 Å². The zero-order valence-electron chi connectivity index (χ0n) is 12.5. The maximum absolute atomic E-state index is 11.3. The van der Waals surface area contributed by atoms with Crippen LogP contribution in [0.5, 0.6) is 0 Å². The van der Waals surface area contributed by atoms with Crippen LogP contribution >= 0.6 is 0 Å². The molecule has 0 saturated heterocycles. The Kier molecular flexibility index (Phi) is 5.06. The third kappa shape index (κ3) is 4.66. The van der Waals surface area contributed by atoms with Gasteiger partial charge in [-0.3, -0.25) is 4.18 Å². The molecule has 0 bridgehead atoms. The molecule has 1 rings (SSSR count). The van der Waals surface area contributed by atoms with Crippen molar-refractivity contribution in [3.05, 3.63) is 0 Å². The minimum absolute atomic E-state index is 0.395. The van der Waals surface area contributed by atoms with Gasteiger partial charge in [-0.05, 0) is 18.9 Å². The molecule has 0 amide bonds. The van der Waals surface area contributed by atoms with Crippen LogP contribution in [0.15, 0.2) is 0 Å². The largest absolute Gasteiger partial charge is 0.264 e. The van der Waals surface area contributed by atoms with Gasteiger partial charge in [0.05, 0.1) is 19.9 Å². The molecular formula is C13H28O3SSi. The van der Waals surface area contributed by atoms with Crippen LogP contribution in [0.1, 0.15) is 46.0 Å². The summed E-state index contributed by atoms with van der Waals surface area (Å²) in [4.78, 5) is 0. The van der Waals surface area contributed by atoms with Gasteiger partial charge in [-0.15, -0.1) is 0 Å². The number of rotatable bonds is 8. The molecule has 0 aromatic heterocycles. The summed E-state index contributed by atoms with van der Waals surface area (Å²) >= 11 is 0. The molecule has 0 heterocycles. The standard InChI is InChI=1S/C13H28O3SSi/c1-6-7-8-9-10-18(4,5)12-11-13(12,2)16-17(3,14)15/h12H,6-11H2,1-5H3/t12-,13-/m1/s1. The Morgan fingerprint density at radius 2 is 1.89 bits per heavy atom. The van der Waals surface area contributed by atoms with Crippen molar-refractivity contribution in [3.63, 3.8) is 0 Å². The van der Waals surface area contributed by atoms with Crippen molar-refractivity contribution in [2.24, 2.45) is 0 Å². The summed E-state index contributed by atoms with van der Waals surface area (Å²) < 4.78 is 27.8. The first-order chi connectivity index (χ1) is 8.11. The number of unbranched alkanes of at least 4 members (excludes halogenated alkanes) is 3. The maximum atomic E-state index is 11.3. The quantitative estimate of drug-likeness (QED) is 0.388. The summed E-state index contributed by atoms with van der Waals surface area (Å²) in [5, 5.41) is 0. The van der Waals surface area contributed by atoms with E-state index in [9.17, 15) is 8.42 Å². The lowest BCUT2D eigenvalue weighted by Gasteiger charge is -2.25. The van der Waals surface area contributed by atoms with E-state index in [1.807, 2.05) is 6.92 Å². The van der Waals surface area contributed by atoms with Crippen molar-refractivity contribution in [2.75, 3.05) is 6.26 Å². The van der Waals surface area contributed by atoms with Crippen LogP contribution in [0.2, 0.25) is 24.7 Å². The Hall–Kier alpha value is 0.127. The fourth-order valence-corrected chi connectivity index (χ4v) is 8.21. The lowest BCUT2D eigenvalue weighted by atomic mass is 10.2. The van der Waals surface area contributed by atoms with Crippen molar-refractivity contribution in [3.8, 4) is 0 Å². The SMILES string of the molecule is CCCCCC[Si](C)(C)[C@@H]1C[C@@]1(C)OS(C)(=O)=O. The van der Waals surface area contributed by atoms with Crippen molar-refractivity contribution in [2.45, 2.75) is 76.2 Å². The molecule has 0 radical (unpaired) electrons. The molecule has 1 aliphatic rings. The van der Waals surface area contributed by atoms with E-state index in [1.54, 1.807) is 0 Å². The van der Waals surface area contributed by atoms with Crippen LogP contribution in [0.25, 0.3) is 0 Å². The topological polar surface area (TPSA) is 43.4 Å². The Labute approximate surface area is 113 Å². The Bertz CT molecular complexity index is 378. The van der Waals surface area contributed by atoms with E-state index in [1.165, 1.54) is 31.7 Å². The van der Waals surface area contributed by atoms with Crippen molar-refractivity contribution in [1.82, 2.24) is 0 Å². The van der Waals surface area contributed by atoms with Crippen molar-refractivity contribution in [1.29, 1.82) is 0 Å². The molecule has 0 unspecified atom stereocenters. The smallest absolute Gasteiger partial charge is 0.264 e. The van der Waals surface area contributed by atoms with Gasteiger partial charge >= 0.3 is 0 Å². The second-order valence-corrected chi connectivity index (χ2v) is 13.4. The molecule has 1 fully saturated rings. The maximum Gasteiger partial charge on any atom is 0.264 e. The summed E-state index contributed by atoms with van der Waals surface area (Å²) in [6, 6.07) is 1.29. The molecular weight excluding hydrogens is 264 g/mol. The molecule has 2 atom stereocenters. The minimum Gasteiger partial charge on any atom is -0.264 e.